The number of nitro benzene ring substituents is 1. The van der Waals surface area contributed by atoms with E-state index in [9.17, 15) is 10.1 Å². The van der Waals surface area contributed by atoms with Crippen LogP contribution < -0.4 is 4.74 Å². The molecule has 0 aliphatic carbocycles. The molecule has 0 spiro atoms. The lowest BCUT2D eigenvalue weighted by atomic mass is 10.2. The van der Waals surface area contributed by atoms with E-state index in [1.54, 1.807) is 37.3 Å². The number of aryl methyl sites for hydroxylation is 1. The van der Waals surface area contributed by atoms with Gasteiger partial charge in [0.2, 0.25) is 5.75 Å². The zero-order valence-electron chi connectivity index (χ0n) is 10.7. The molecule has 0 aromatic heterocycles. The lowest BCUT2D eigenvalue weighted by Gasteiger charge is -2.09. The maximum atomic E-state index is 11.0. The largest absolute Gasteiger partial charge is 0.449 e. The first-order valence-electron chi connectivity index (χ1n) is 5.83. The Morgan fingerprint density at radius 3 is 2.55 bits per heavy atom. The summed E-state index contributed by atoms with van der Waals surface area (Å²) in [7, 11) is 0. The maximum absolute atomic E-state index is 11.0. The highest BCUT2D eigenvalue weighted by molar-refractivity contribution is 9.10. The summed E-state index contributed by atoms with van der Waals surface area (Å²) in [6.07, 6.45) is 0. The fraction of sp³-hybridized carbons (Fsp3) is 0.143. The van der Waals surface area contributed by atoms with Gasteiger partial charge in [-0.05, 0) is 52.2 Å². The second-order valence-electron chi connectivity index (χ2n) is 4.25. The van der Waals surface area contributed by atoms with Crippen LogP contribution in [0.4, 0.5) is 5.69 Å². The Bertz CT molecular complexity index is 658. The highest BCUT2D eigenvalue weighted by Gasteiger charge is 2.16. The molecule has 104 valence electrons. The molecular weight excluding hydrogens is 326 g/mol. The molecule has 0 amide bonds. The lowest BCUT2D eigenvalue weighted by Crippen LogP contribution is -1.95. The fourth-order valence-electron chi connectivity index (χ4n) is 1.70. The molecule has 2 aromatic carbocycles. The highest BCUT2D eigenvalue weighted by Crippen LogP contribution is 2.35. The smallest absolute Gasteiger partial charge is 0.311 e. The summed E-state index contributed by atoms with van der Waals surface area (Å²) in [5, 5.41) is 20.1. The van der Waals surface area contributed by atoms with Crippen LogP contribution in [-0.4, -0.2) is 10.0 Å². The van der Waals surface area contributed by atoms with Crippen LogP contribution in [0.5, 0.6) is 11.5 Å². The van der Waals surface area contributed by atoms with Crippen molar-refractivity contribution in [1.82, 2.24) is 0 Å². The number of nitro groups is 1. The van der Waals surface area contributed by atoms with Crippen molar-refractivity contribution in [3.05, 3.63) is 62.1 Å². The Kier molecular flexibility index (Phi) is 4.36. The van der Waals surface area contributed by atoms with E-state index < -0.39 is 4.92 Å². The summed E-state index contributed by atoms with van der Waals surface area (Å²) < 4.78 is 6.21. The van der Waals surface area contributed by atoms with Gasteiger partial charge in [-0.15, -0.1) is 0 Å². The molecule has 0 unspecified atom stereocenters. The van der Waals surface area contributed by atoms with Crippen molar-refractivity contribution >= 4 is 21.6 Å². The van der Waals surface area contributed by atoms with Crippen LogP contribution in [0.15, 0.2) is 40.9 Å². The zero-order chi connectivity index (χ0) is 14.7. The summed E-state index contributed by atoms with van der Waals surface area (Å²) in [5.74, 6) is 0.632. The number of aliphatic hydroxyl groups excluding tert-OH is 1. The molecule has 0 saturated heterocycles. The minimum absolute atomic E-state index is 0.0798. The van der Waals surface area contributed by atoms with E-state index in [-0.39, 0.29) is 18.0 Å². The normalized spacial score (nSPS) is 10.3. The molecule has 5 nitrogen and oxygen atoms in total. The molecule has 0 atom stereocenters. The maximum Gasteiger partial charge on any atom is 0.311 e. The number of ether oxygens (including phenoxy) is 1. The first-order valence-corrected chi connectivity index (χ1v) is 6.62. The third kappa shape index (κ3) is 3.15. The van der Waals surface area contributed by atoms with Gasteiger partial charge in [0.1, 0.15) is 5.75 Å². The van der Waals surface area contributed by atoms with Gasteiger partial charge in [0.05, 0.1) is 16.0 Å². The number of halogens is 1. The molecule has 0 saturated carbocycles. The Labute approximate surface area is 124 Å². The van der Waals surface area contributed by atoms with Crippen molar-refractivity contribution in [1.29, 1.82) is 0 Å². The monoisotopic (exact) mass is 337 g/mol. The van der Waals surface area contributed by atoms with E-state index in [0.29, 0.717) is 10.2 Å². The summed E-state index contributed by atoms with van der Waals surface area (Å²) in [4.78, 5) is 10.6. The lowest BCUT2D eigenvalue weighted by molar-refractivity contribution is -0.385. The summed E-state index contributed by atoms with van der Waals surface area (Å²) >= 11 is 3.32. The van der Waals surface area contributed by atoms with Gasteiger partial charge in [0.25, 0.3) is 0 Å². The van der Waals surface area contributed by atoms with Crippen LogP contribution in [0, 0.1) is 17.0 Å². The molecular formula is C14H12BrNO4. The number of hydrogen-bond acceptors (Lipinski definition) is 4. The Balaban J connectivity index is 2.37. The minimum Gasteiger partial charge on any atom is -0.449 e. The molecule has 0 aliphatic rings. The second-order valence-corrected chi connectivity index (χ2v) is 5.11. The van der Waals surface area contributed by atoms with E-state index in [4.69, 9.17) is 9.84 Å². The van der Waals surface area contributed by atoms with Crippen molar-refractivity contribution in [2.24, 2.45) is 0 Å². The first-order chi connectivity index (χ1) is 9.51. The van der Waals surface area contributed by atoms with Crippen molar-refractivity contribution < 1.29 is 14.8 Å². The number of nitrogens with zero attached hydrogens (tertiary/aromatic N) is 1. The van der Waals surface area contributed by atoms with Crippen LogP contribution in [-0.2, 0) is 6.61 Å². The number of aliphatic hydroxyl groups is 1. The molecule has 0 aliphatic heterocycles. The average molecular weight is 338 g/mol. The van der Waals surface area contributed by atoms with Crippen molar-refractivity contribution in [3.63, 3.8) is 0 Å². The third-order valence-electron chi connectivity index (χ3n) is 2.71. The minimum atomic E-state index is -0.474. The quantitative estimate of drug-likeness (QED) is 0.677. The summed E-state index contributed by atoms with van der Waals surface area (Å²) in [6.45, 7) is 1.70. The predicted octanol–water partition coefficient (Wildman–Crippen LogP) is 3.95. The van der Waals surface area contributed by atoms with E-state index in [0.717, 1.165) is 11.1 Å². The molecule has 6 heteroatoms. The van der Waals surface area contributed by atoms with Crippen molar-refractivity contribution in [2.75, 3.05) is 0 Å². The average Bonchev–Trinajstić information content (AvgIpc) is 2.42. The van der Waals surface area contributed by atoms with E-state index >= 15 is 0 Å². The van der Waals surface area contributed by atoms with E-state index in [2.05, 4.69) is 15.9 Å². The SMILES string of the molecule is Cc1ccc(Oc2ccc(CO)cc2Br)c([N+](=O)[O-])c1. The Morgan fingerprint density at radius 1 is 1.25 bits per heavy atom. The Hall–Kier alpha value is -1.92. The van der Waals surface area contributed by atoms with Gasteiger partial charge in [0, 0.05) is 6.07 Å². The van der Waals surface area contributed by atoms with Gasteiger partial charge in [-0.25, -0.2) is 0 Å². The highest BCUT2D eigenvalue weighted by atomic mass is 79.9. The number of hydrogen-bond donors (Lipinski definition) is 1. The molecule has 2 rings (SSSR count). The van der Waals surface area contributed by atoms with Crippen LogP contribution >= 0.6 is 15.9 Å². The van der Waals surface area contributed by atoms with Crippen molar-refractivity contribution in [2.45, 2.75) is 13.5 Å². The van der Waals surface area contributed by atoms with Gasteiger partial charge < -0.3 is 9.84 Å². The molecule has 2 aromatic rings. The molecule has 20 heavy (non-hydrogen) atoms. The summed E-state index contributed by atoms with van der Waals surface area (Å²) in [6, 6.07) is 9.83. The molecule has 0 heterocycles. The number of rotatable bonds is 4. The summed E-state index contributed by atoms with van der Waals surface area (Å²) in [5.41, 5.74) is 1.43. The molecule has 0 radical (unpaired) electrons. The van der Waals surface area contributed by atoms with Crippen molar-refractivity contribution in [3.8, 4) is 11.5 Å². The molecule has 0 bridgehead atoms. The van der Waals surface area contributed by atoms with E-state index in [1.807, 2.05) is 0 Å². The van der Waals surface area contributed by atoms with Crippen LogP contribution in [0.25, 0.3) is 0 Å². The third-order valence-corrected chi connectivity index (χ3v) is 3.33. The second kappa shape index (κ2) is 6.02. The fourth-order valence-corrected chi connectivity index (χ4v) is 2.21. The topological polar surface area (TPSA) is 72.6 Å². The van der Waals surface area contributed by atoms with Crippen LogP contribution in [0.2, 0.25) is 0 Å². The molecule has 0 fully saturated rings. The Morgan fingerprint density at radius 2 is 1.95 bits per heavy atom. The first kappa shape index (κ1) is 14.5. The van der Waals surface area contributed by atoms with E-state index in [1.165, 1.54) is 6.07 Å². The van der Waals surface area contributed by atoms with Gasteiger partial charge in [-0.2, -0.15) is 0 Å². The van der Waals surface area contributed by atoms with Gasteiger partial charge in [0.15, 0.2) is 0 Å². The van der Waals surface area contributed by atoms with Gasteiger partial charge in [-0.1, -0.05) is 12.1 Å². The standard InChI is InChI=1S/C14H12BrNO4/c1-9-2-4-14(12(6-9)16(18)19)20-13-5-3-10(8-17)7-11(13)15/h2-7,17H,8H2,1H3. The van der Waals surface area contributed by atoms with Crippen LogP contribution in [0.3, 0.4) is 0 Å². The van der Waals surface area contributed by atoms with Crippen LogP contribution in [0.1, 0.15) is 11.1 Å². The van der Waals surface area contributed by atoms with Gasteiger partial charge in [-0.3, -0.25) is 10.1 Å². The van der Waals surface area contributed by atoms with Gasteiger partial charge >= 0.3 is 5.69 Å². The molecule has 1 N–H and O–H groups in total. The predicted molar refractivity (Wildman–Crippen MR) is 78.0 cm³/mol. The number of benzene rings is 2. The zero-order valence-corrected chi connectivity index (χ0v) is 12.3.